The molecule has 3 aliphatic rings. The van der Waals surface area contributed by atoms with Crippen molar-refractivity contribution in [3.8, 4) is 0 Å². The highest BCUT2D eigenvalue weighted by molar-refractivity contribution is 5.75. The van der Waals surface area contributed by atoms with Gasteiger partial charge in [-0.15, -0.1) is 0 Å². The fraction of sp³-hybridized carbons (Fsp3) is 0.696. The molecule has 1 N–H and O–H groups in total. The second kappa shape index (κ2) is 7.46. The van der Waals surface area contributed by atoms with Gasteiger partial charge in [0.1, 0.15) is 11.9 Å². The number of furan rings is 1. The third kappa shape index (κ3) is 3.73. The molecule has 0 unspecified atom stereocenters. The van der Waals surface area contributed by atoms with Crippen LogP contribution in [0.25, 0.3) is 0 Å². The topological polar surface area (TPSA) is 51.5 Å². The van der Waals surface area contributed by atoms with Gasteiger partial charge in [-0.2, -0.15) is 0 Å². The zero-order chi connectivity index (χ0) is 19.0. The number of nitrogens with one attached hydrogen (secondary N) is 1. The maximum absolute atomic E-state index is 12.6. The van der Waals surface area contributed by atoms with Crippen LogP contribution in [-0.2, 0) is 16.0 Å². The molecule has 1 aromatic heterocycles. The smallest absolute Gasteiger partial charge is 0.310 e. The van der Waals surface area contributed by atoms with Crippen molar-refractivity contribution >= 4 is 5.97 Å². The minimum Gasteiger partial charge on any atom is -0.469 e. The Morgan fingerprint density at radius 1 is 1.44 bits per heavy atom. The van der Waals surface area contributed by atoms with E-state index in [0.717, 1.165) is 44.4 Å². The lowest BCUT2D eigenvalue weighted by atomic mass is 9.55. The summed E-state index contributed by atoms with van der Waals surface area (Å²) < 4.78 is 11.3. The maximum atomic E-state index is 12.6. The summed E-state index contributed by atoms with van der Waals surface area (Å²) in [7, 11) is 0. The third-order valence-electron chi connectivity index (χ3n) is 7.41. The first kappa shape index (κ1) is 18.8. The second-order valence-electron chi connectivity index (χ2n) is 9.33. The summed E-state index contributed by atoms with van der Waals surface area (Å²) in [5, 5.41) is 3.58. The van der Waals surface area contributed by atoms with E-state index < -0.39 is 0 Å². The fourth-order valence-corrected chi connectivity index (χ4v) is 5.73. The summed E-state index contributed by atoms with van der Waals surface area (Å²) >= 11 is 0. The molecule has 2 heterocycles. The number of fused-ring (bicyclic) bond motifs is 2. The first-order valence-electron chi connectivity index (χ1n) is 10.6. The van der Waals surface area contributed by atoms with E-state index in [-0.39, 0.29) is 23.4 Å². The van der Waals surface area contributed by atoms with Gasteiger partial charge in [-0.3, -0.25) is 4.79 Å². The second-order valence-corrected chi connectivity index (χ2v) is 9.33. The number of aryl methyl sites for hydroxylation is 1. The van der Waals surface area contributed by atoms with Crippen LogP contribution in [0.3, 0.4) is 0 Å². The number of hydrogen-bond donors (Lipinski definition) is 1. The summed E-state index contributed by atoms with van der Waals surface area (Å²) in [6.07, 6.45) is 9.45. The molecular formula is C23H33NO3. The molecular weight excluding hydrogens is 338 g/mol. The Bertz CT molecular complexity index is 682. The molecule has 0 amide bonds. The highest BCUT2D eigenvalue weighted by Crippen LogP contribution is 2.56. The van der Waals surface area contributed by atoms with Crippen LogP contribution in [0.1, 0.15) is 58.1 Å². The zero-order valence-electron chi connectivity index (χ0n) is 16.7. The lowest BCUT2D eigenvalue weighted by Crippen LogP contribution is -2.45. The van der Waals surface area contributed by atoms with E-state index >= 15 is 0 Å². The van der Waals surface area contributed by atoms with Gasteiger partial charge in [0.25, 0.3) is 0 Å². The van der Waals surface area contributed by atoms with E-state index in [2.05, 4.69) is 25.7 Å². The molecule has 0 aromatic carbocycles. The maximum Gasteiger partial charge on any atom is 0.310 e. The normalized spacial score (nSPS) is 36.8. The molecule has 4 heteroatoms. The molecule has 2 saturated carbocycles. The van der Waals surface area contributed by atoms with Crippen molar-refractivity contribution in [3.05, 3.63) is 36.3 Å². The number of ether oxygens (including phenoxy) is 1. The molecule has 148 valence electrons. The van der Waals surface area contributed by atoms with Crippen molar-refractivity contribution in [2.24, 2.45) is 23.2 Å². The van der Waals surface area contributed by atoms with Gasteiger partial charge >= 0.3 is 5.97 Å². The van der Waals surface area contributed by atoms with Crippen molar-refractivity contribution in [2.75, 3.05) is 6.54 Å². The average Bonchev–Trinajstić information content (AvgIpc) is 3.23. The SMILES string of the molecule is C=C1CCC[C@]2(C)C[C@H]3OC(=O)[C@H](CN[C@H](C)CCc4ccco4)[C@H]3C[C@@H]12. The predicted octanol–water partition coefficient (Wildman–Crippen LogP) is 4.50. The van der Waals surface area contributed by atoms with Gasteiger partial charge in [0.05, 0.1) is 12.2 Å². The Morgan fingerprint density at radius 3 is 3.07 bits per heavy atom. The average molecular weight is 372 g/mol. The van der Waals surface area contributed by atoms with Crippen molar-refractivity contribution in [2.45, 2.75) is 70.9 Å². The van der Waals surface area contributed by atoms with Crippen molar-refractivity contribution in [1.82, 2.24) is 5.32 Å². The van der Waals surface area contributed by atoms with Crippen LogP contribution in [0, 0.1) is 23.2 Å². The van der Waals surface area contributed by atoms with Gasteiger partial charge in [0, 0.05) is 24.9 Å². The molecule has 0 bridgehead atoms. The molecule has 4 rings (SSSR count). The van der Waals surface area contributed by atoms with E-state index in [4.69, 9.17) is 9.15 Å². The highest BCUT2D eigenvalue weighted by Gasteiger charge is 2.54. The quantitative estimate of drug-likeness (QED) is 0.591. The number of carbonyl (C=O) groups is 1. The minimum absolute atomic E-state index is 0.00333. The Hall–Kier alpha value is -1.55. The van der Waals surface area contributed by atoms with Crippen LogP contribution in [-0.4, -0.2) is 24.7 Å². The van der Waals surface area contributed by atoms with Crippen LogP contribution in [0.4, 0.5) is 0 Å². The number of rotatable bonds is 6. The van der Waals surface area contributed by atoms with Gasteiger partial charge in [0.2, 0.25) is 0 Å². The summed E-state index contributed by atoms with van der Waals surface area (Å²) in [5.74, 6) is 1.91. The molecule has 0 spiro atoms. The van der Waals surface area contributed by atoms with E-state index in [9.17, 15) is 4.79 Å². The largest absolute Gasteiger partial charge is 0.469 e. The van der Waals surface area contributed by atoms with Crippen LogP contribution in [0.5, 0.6) is 0 Å². The molecule has 1 aliphatic heterocycles. The molecule has 6 atom stereocenters. The van der Waals surface area contributed by atoms with Gasteiger partial charge in [-0.05, 0) is 68.9 Å². The first-order valence-corrected chi connectivity index (χ1v) is 10.6. The van der Waals surface area contributed by atoms with Crippen molar-refractivity contribution in [3.63, 3.8) is 0 Å². The third-order valence-corrected chi connectivity index (χ3v) is 7.41. The van der Waals surface area contributed by atoms with Gasteiger partial charge in [0.15, 0.2) is 0 Å². The van der Waals surface area contributed by atoms with Crippen molar-refractivity contribution < 1.29 is 13.9 Å². The van der Waals surface area contributed by atoms with Crippen LogP contribution >= 0.6 is 0 Å². The highest BCUT2D eigenvalue weighted by atomic mass is 16.6. The molecule has 27 heavy (non-hydrogen) atoms. The molecule has 0 radical (unpaired) electrons. The summed E-state index contributed by atoms with van der Waals surface area (Å²) in [6, 6.07) is 4.29. The summed E-state index contributed by atoms with van der Waals surface area (Å²) in [5.41, 5.74) is 1.68. The standard InChI is InChI=1S/C23H33NO3/c1-15-6-4-10-23(3)13-21-18(12-20(15)23)19(22(25)27-21)14-24-16(2)8-9-17-7-5-11-26-17/h5,7,11,16,18-21,24H,1,4,6,8-10,12-14H2,2-3H3/t16-,18-,19-,20+,21-,23-/m1/s1. The lowest BCUT2D eigenvalue weighted by Gasteiger charge is -2.50. The monoisotopic (exact) mass is 371 g/mol. The number of hydrogen-bond acceptors (Lipinski definition) is 4. The van der Waals surface area contributed by atoms with Crippen LogP contribution in [0.15, 0.2) is 35.0 Å². The van der Waals surface area contributed by atoms with Crippen molar-refractivity contribution in [1.29, 1.82) is 0 Å². The van der Waals surface area contributed by atoms with E-state index in [1.54, 1.807) is 6.26 Å². The van der Waals surface area contributed by atoms with Gasteiger partial charge < -0.3 is 14.5 Å². The molecule has 3 fully saturated rings. The van der Waals surface area contributed by atoms with Gasteiger partial charge in [-0.25, -0.2) is 0 Å². The summed E-state index contributed by atoms with van der Waals surface area (Å²) in [6.45, 7) is 9.66. The van der Waals surface area contributed by atoms with Gasteiger partial charge in [-0.1, -0.05) is 19.1 Å². The minimum atomic E-state index is -0.0136. The number of esters is 1. The zero-order valence-corrected chi connectivity index (χ0v) is 16.7. The van der Waals surface area contributed by atoms with E-state index in [1.807, 2.05) is 12.1 Å². The number of carbonyl (C=O) groups excluding carboxylic acids is 1. The Labute approximate surface area is 162 Å². The molecule has 2 aliphatic carbocycles. The predicted molar refractivity (Wildman–Crippen MR) is 105 cm³/mol. The molecule has 1 aromatic rings. The molecule has 1 saturated heterocycles. The molecule has 4 nitrogen and oxygen atoms in total. The Kier molecular flexibility index (Phi) is 5.19. The summed E-state index contributed by atoms with van der Waals surface area (Å²) in [4.78, 5) is 12.6. The lowest BCUT2D eigenvalue weighted by molar-refractivity contribution is -0.146. The first-order chi connectivity index (χ1) is 13.0. The Balaban J connectivity index is 1.34. The Morgan fingerprint density at radius 2 is 2.30 bits per heavy atom. The van der Waals surface area contributed by atoms with Crippen LogP contribution < -0.4 is 5.32 Å². The van der Waals surface area contributed by atoms with E-state index in [0.29, 0.717) is 17.9 Å². The fourth-order valence-electron chi connectivity index (χ4n) is 5.73. The number of allylic oxidation sites excluding steroid dienone is 1. The van der Waals surface area contributed by atoms with Crippen LogP contribution in [0.2, 0.25) is 0 Å². The van der Waals surface area contributed by atoms with E-state index in [1.165, 1.54) is 18.4 Å².